The van der Waals surface area contributed by atoms with Crippen LogP contribution in [0.1, 0.15) is 63.0 Å². The van der Waals surface area contributed by atoms with Crippen LogP contribution in [0.5, 0.6) is 0 Å². The van der Waals surface area contributed by atoms with Crippen LogP contribution in [0.2, 0.25) is 0 Å². The molecule has 0 N–H and O–H groups in total. The summed E-state index contributed by atoms with van der Waals surface area (Å²) in [6.45, 7) is 4.56. The first-order chi connectivity index (χ1) is 9.08. The first kappa shape index (κ1) is 12.9. The van der Waals surface area contributed by atoms with Crippen molar-refractivity contribution in [2.75, 3.05) is 0 Å². The van der Waals surface area contributed by atoms with Gasteiger partial charge < -0.3 is 0 Å². The minimum absolute atomic E-state index is 0.221. The molecule has 0 spiro atoms. The maximum absolute atomic E-state index is 12.6. The number of ketones is 1. The summed E-state index contributed by atoms with van der Waals surface area (Å²) in [5, 5.41) is 0. The largest absolute Gasteiger partial charge is 0.299 e. The van der Waals surface area contributed by atoms with Crippen LogP contribution in [0.3, 0.4) is 0 Å². The van der Waals surface area contributed by atoms with Crippen molar-refractivity contribution < 1.29 is 4.79 Å². The van der Waals surface area contributed by atoms with E-state index in [2.05, 4.69) is 38.1 Å². The lowest BCUT2D eigenvalue weighted by Gasteiger charge is -2.39. The zero-order chi connectivity index (χ0) is 13.5. The van der Waals surface area contributed by atoms with Crippen molar-refractivity contribution in [2.24, 2.45) is 11.3 Å². The highest BCUT2D eigenvalue weighted by Gasteiger charge is 2.38. The van der Waals surface area contributed by atoms with E-state index in [9.17, 15) is 4.79 Å². The van der Waals surface area contributed by atoms with Crippen molar-refractivity contribution in [1.29, 1.82) is 0 Å². The number of carbonyl (C=O) groups is 1. The summed E-state index contributed by atoms with van der Waals surface area (Å²) in [6.07, 6.45) is 6.73. The average Bonchev–Trinajstić information content (AvgIpc) is 2.35. The van der Waals surface area contributed by atoms with E-state index < -0.39 is 0 Å². The molecule has 2 aliphatic carbocycles. The second-order valence-electron chi connectivity index (χ2n) is 7.06. The molecule has 1 aromatic rings. The Morgan fingerprint density at radius 1 is 1.26 bits per heavy atom. The fraction of sp³-hybridized carbons (Fsp3) is 0.611. The lowest BCUT2D eigenvalue weighted by molar-refractivity contribution is -0.128. The SMILES string of the molecule is CC1(C)CCCCC1C(=O)CC1Cc2ccccc21. The molecule has 0 radical (unpaired) electrons. The molecule has 1 nitrogen and oxygen atoms in total. The van der Waals surface area contributed by atoms with E-state index in [0.717, 1.165) is 19.3 Å². The van der Waals surface area contributed by atoms with Crippen LogP contribution in [-0.4, -0.2) is 5.78 Å². The Labute approximate surface area is 116 Å². The molecule has 0 aliphatic heterocycles. The number of hydrogen-bond donors (Lipinski definition) is 0. The van der Waals surface area contributed by atoms with Gasteiger partial charge in [-0.3, -0.25) is 4.79 Å². The minimum atomic E-state index is 0.221. The number of rotatable bonds is 3. The van der Waals surface area contributed by atoms with Crippen molar-refractivity contribution in [3.05, 3.63) is 35.4 Å². The Kier molecular flexibility index (Phi) is 3.24. The van der Waals surface area contributed by atoms with E-state index in [-0.39, 0.29) is 5.41 Å². The van der Waals surface area contributed by atoms with Crippen molar-refractivity contribution in [1.82, 2.24) is 0 Å². The molecular weight excluding hydrogens is 232 g/mol. The van der Waals surface area contributed by atoms with Crippen LogP contribution in [0.15, 0.2) is 24.3 Å². The number of Topliss-reactive ketones (excluding diaryl/α,β-unsaturated/α-hetero) is 1. The molecular formula is C18H24O. The van der Waals surface area contributed by atoms with Crippen LogP contribution in [0.4, 0.5) is 0 Å². The van der Waals surface area contributed by atoms with E-state index in [0.29, 0.717) is 17.6 Å². The van der Waals surface area contributed by atoms with Gasteiger partial charge in [0.25, 0.3) is 0 Å². The quantitative estimate of drug-likeness (QED) is 0.778. The highest BCUT2D eigenvalue weighted by molar-refractivity contribution is 5.83. The lowest BCUT2D eigenvalue weighted by Crippen LogP contribution is -2.35. The van der Waals surface area contributed by atoms with Gasteiger partial charge in [-0.15, -0.1) is 0 Å². The molecule has 1 fully saturated rings. The Bertz CT molecular complexity index is 486. The van der Waals surface area contributed by atoms with Gasteiger partial charge in [-0.1, -0.05) is 51.0 Å². The molecule has 0 bridgehead atoms. The zero-order valence-corrected chi connectivity index (χ0v) is 12.1. The summed E-state index contributed by atoms with van der Waals surface area (Å²) in [7, 11) is 0. The van der Waals surface area contributed by atoms with Gasteiger partial charge in [0.05, 0.1) is 0 Å². The standard InChI is InChI=1S/C18H24O/c1-18(2)10-6-5-9-16(18)17(19)12-14-11-13-7-3-4-8-15(13)14/h3-4,7-8,14,16H,5-6,9-12H2,1-2H3. The first-order valence-electron chi connectivity index (χ1n) is 7.68. The van der Waals surface area contributed by atoms with Gasteiger partial charge in [0.15, 0.2) is 0 Å². The topological polar surface area (TPSA) is 17.1 Å². The molecule has 1 aromatic carbocycles. The highest BCUT2D eigenvalue weighted by atomic mass is 16.1. The highest BCUT2D eigenvalue weighted by Crippen LogP contribution is 2.44. The van der Waals surface area contributed by atoms with E-state index in [4.69, 9.17) is 0 Å². The summed E-state index contributed by atoms with van der Waals surface area (Å²) in [4.78, 5) is 12.6. The third kappa shape index (κ3) is 2.35. The molecule has 0 aromatic heterocycles. The van der Waals surface area contributed by atoms with E-state index >= 15 is 0 Å². The molecule has 1 saturated carbocycles. The number of benzene rings is 1. The molecule has 2 unspecified atom stereocenters. The molecule has 0 heterocycles. The summed E-state index contributed by atoms with van der Waals surface area (Å²) in [5.74, 6) is 1.32. The van der Waals surface area contributed by atoms with Gasteiger partial charge in [0.1, 0.15) is 5.78 Å². The third-order valence-corrected chi connectivity index (χ3v) is 5.30. The Morgan fingerprint density at radius 2 is 2.05 bits per heavy atom. The van der Waals surface area contributed by atoms with Gasteiger partial charge in [-0.25, -0.2) is 0 Å². The second-order valence-corrected chi connectivity index (χ2v) is 7.06. The van der Waals surface area contributed by atoms with Gasteiger partial charge in [0.2, 0.25) is 0 Å². The smallest absolute Gasteiger partial charge is 0.137 e. The van der Waals surface area contributed by atoms with Gasteiger partial charge >= 0.3 is 0 Å². The Hall–Kier alpha value is -1.11. The Morgan fingerprint density at radius 3 is 2.79 bits per heavy atom. The predicted octanol–water partition coefficient (Wildman–Crippen LogP) is 4.50. The molecule has 102 valence electrons. The lowest BCUT2D eigenvalue weighted by atomic mass is 9.64. The minimum Gasteiger partial charge on any atom is -0.299 e. The summed E-state index contributed by atoms with van der Waals surface area (Å²) in [5.41, 5.74) is 3.09. The summed E-state index contributed by atoms with van der Waals surface area (Å²) < 4.78 is 0. The maximum Gasteiger partial charge on any atom is 0.137 e. The molecule has 0 amide bonds. The van der Waals surface area contributed by atoms with Crippen LogP contribution in [0.25, 0.3) is 0 Å². The van der Waals surface area contributed by atoms with Crippen LogP contribution in [0, 0.1) is 11.3 Å². The fourth-order valence-electron chi connectivity index (χ4n) is 4.02. The van der Waals surface area contributed by atoms with Gasteiger partial charge in [0, 0.05) is 12.3 Å². The van der Waals surface area contributed by atoms with Crippen LogP contribution < -0.4 is 0 Å². The van der Waals surface area contributed by atoms with Crippen molar-refractivity contribution in [3.63, 3.8) is 0 Å². The van der Waals surface area contributed by atoms with E-state index in [1.165, 1.54) is 30.4 Å². The van der Waals surface area contributed by atoms with E-state index in [1.54, 1.807) is 0 Å². The van der Waals surface area contributed by atoms with Gasteiger partial charge in [-0.05, 0) is 41.7 Å². The number of hydrogen-bond acceptors (Lipinski definition) is 1. The van der Waals surface area contributed by atoms with Crippen LogP contribution >= 0.6 is 0 Å². The average molecular weight is 256 g/mol. The summed E-state index contributed by atoms with van der Waals surface area (Å²) in [6, 6.07) is 8.59. The Balaban J connectivity index is 1.67. The second kappa shape index (κ2) is 4.77. The molecule has 2 aliphatic rings. The van der Waals surface area contributed by atoms with E-state index in [1.807, 2.05) is 0 Å². The third-order valence-electron chi connectivity index (χ3n) is 5.30. The molecule has 2 atom stereocenters. The van der Waals surface area contributed by atoms with Crippen LogP contribution in [-0.2, 0) is 11.2 Å². The number of fused-ring (bicyclic) bond motifs is 1. The normalized spacial score (nSPS) is 28.3. The number of carbonyl (C=O) groups excluding carboxylic acids is 1. The van der Waals surface area contributed by atoms with Crippen molar-refractivity contribution in [3.8, 4) is 0 Å². The fourth-order valence-corrected chi connectivity index (χ4v) is 4.02. The molecule has 3 rings (SSSR count). The van der Waals surface area contributed by atoms with Crippen molar-refractivity contribution >= 4 is 5.78 Å². The van der Waals surface area contributed by atoms with Gasteiger partial charge in [-0.2, -0.15) is 0 Å². The summed E-state index contributed by atoms with van der Waals surface area (Å²) >= 11 is 0. The molecule has 19 heavy (non-hydrogen) atoms. The predicted molar refractivity (Wildman–Crippen MR) is 78.3 cm³/mol. The first-order valence-corrected chi connectivity index (χ1v) is 7.68. The molecule has 0 saturated heterocycles. The maximum atomic E-state index is 12.6. The monoisotopic (exact) mass is 256 g/mol. The molecule has 1 heteroatoms. The zero-order valence-electron chi connectivity index (χ0n) is 12.1. The van der Waals surface area contributed by atoms with Crippen molar-refractivity contribution in [2.45, 2.75) is 58.3 Å².